The van der Waals surface area contributed by atoms with Gasteiger partial charge in [-0.25, -0.2) is 0 Å². The summed E-state index contributed by atoms with van der Waals surface area (Å²) in [6.07, 6.45) is 0.373. The third-order valence-corrected chi connectivity index (χ3v) is 2.21. The Morgan fingerprint density at radius 2 is 1.79 bits per heavy atom. The zero-order valence-electron chi connectivity index (χ0n) is 9.16. The molecule has 0 saturated heterocycles. The standard InChI is InChI=1S/C10H17NO3/c1-5-10(14)11(4)6-9(13)7(2)8(3)12/h7H,5-6H2,1-4H3. The van der Waals surface area contributed by atoms with E-state index in [1.807, 2.05) is 0 Å². The maximum Gasteiger partial charge on any atom is 0.222 e. The van der Waals surface area contributed by atoms with Crippen molar-refractivity contribution in [2.24, 2.45) is 5.92 Å². The average molecular weight is 199 g/mol. The quantitative estimate of drug-likeness (QED) is 0.611. The van der Waals surface area contributed by atoms with Crippen LogP contribution in [-0.4, -0.2) is 36.0 Å². The molecule has 0 aromatic rings. The summed E-state index contributed by atoms with van der Waals surface area (Å²) in [6.45, 7) is 4.70. The molecule has 0 radical (unpaired) electrons. The predicted molar refractivity (Wildman–Crippen MR) is 52.8 cm³/mol. The van der Waals surface area contributed by atoms with Crippen LogP contribution in [0.5, 0.6) is 0 Å². The van der Waals surface area contributed by atoms with E-state index in [2.05, 4.69) is 0 Å². The lowest BCUT2D eigenvalue weighted by Crippen LogP contribution is -2.35. The largest absolute Gasteiger partial charge is 0.338 e. The lowest BCUT2D eigenvalue weighted by atomic mass is 10.0. The summed E-state index contributed by atoms with van der Waals surface area (Å²) in [6, 6.07) is 0. The van der Waals surface area contributed by atoms with E-state index >= 15 is 0 Å². The first-order valence-electron chi connectivity index (χ1n) is 4.67. The van der Waals surface area contributed by atoms with Crippen LogP contribution in [0, 0.1) is 5.92 Å². The van der Waals surface area contributed by atoms with Crippen molar-refractivity contribution < 1.29 is 14.4 Å². The maximum absolute atomic E-state index is 11.4. The zero-order chi connectivity index (χ0) is 11.3. The van der Waals surface area contributed by atoms with Crippen molar-refractivity contribution in [3.63, 3.8) is 0 Å². The molecule has 0 aromatic heterocycles. The number of carbonyl (C=O) groups excluding carboxylic acids is 3. The first-order valence-corrected chi connectivity index (χ1v) is 4.67. The van der Waals surface area contributed by atoms with Crippen molar-refractivity contribution >= 4 is 17.5 Å². The van der Waals surface area contributed by atoms with Gasteiger partial charge in [-0.15, -0.1) is 0 Å². The highest BCUT2D eigenvalue weighted by Gasteiger charge is 2.20. The first kappa shape index (κ1) is 12.8. The molecule has 80 valence electrons. The molecule has 0 bridgehead atoms. The molecule has 0 aliphatic heterocycles. The maximum atomic E-state index is 11.4. The summed E-state index contributed by atoms with van der Waals surface area (Å²) in [7, 11) is 1.57. The molecule has 0 aliphatic rings. The fourth-order valence-corrected chi connectivity index (χ4v) is 0.955. The van der Waals surface area contributed by atoms with Crippen molar-refractivity contribution in [3.8, 4) is 0 Å². The van der Waals surface area contributed by atoms with E-state index in [1.54, 1.807) is 20.9 Å². The van der Waals surface area contributed by atoms with Crippen LogP contribution in [0.4, 0.5) is 0 Å². The summed E-state index contributed by atoms with van der Waals surface area (Å²) in [5.74, 6) is -1.06. The van der Waals surface area contributed by atoms with Gasteiger partial charge in [-0.3, -0.25) is 14.4 Å². The highest BCUT2D eigenvalue weighted by Crippen LogP contribution is 2.01. The summed E-state index contributed by atoms with van der Waals surface area (Å²) >= 11 is 0. The van der Waals surface area contributed by atoms with E-state index in [-0.39, 0.29) is 24.0 Å². The minimum absolute atomic E-state index is 0.0212. The van der Waals surface area contributed by atoms with Crippen LogP contribution in [0.2, 0.25) is 0 Å². The minimum atomic E-state index is -0.609. The number of hydrogen-bond donors (Lipinski definition) is 0. The number of rotatable bonds is 5. The molecule has 0 fully saturated rings. The number of likely N-dealkylation sites (N-methyl/N-ethyl adjacent to an activating group) is 1. The number of hydrogen-bond acceptors (Lipinski definition) is 3. The van der Waals surface area contributed by atoms with Crippen molar-refractivity contribution in [3.05, 3.63) is 0 Å². The molecule has 0 spiro atoms. The summed E-state index contributed by atoms with van der Waals surface area (Å²) in [5.41, 5.74) is 0. The van der Waals surface area contributed by atoms with E-state index in [9.17, 15) is 14.4 Å². The molecule has 0 heterocycles. The van der Waals surface area contributed by atoms with Gasteiger partial charge >= 0.3 is 0 Å². The van der Waals surface area contributed by atoms with Crippen LogP contribution in [-0.2, 0) is 14.4 Å². The van der Waals surface area contributed by atoms with Crippen molar-refractivity contribution in [1.29, 1.82) is 0 Å². The topological polar surface area (TPSA) is 54.5 Å². The highest BCUT2D eigenvalue weighted by atomic mass is 16.2. The third-order valence-electron chi connectivity index (χ3n) is 2.21. The van der Waals surface area contributed by atoms with Gasteiger partial charge in [0.1, 0.15) is 5.78 Å². The molecule has 0 saturated carbocycles. The van der Waals surface area contributed by atoms with Gasteiger partial charge in [0.15, 0.2) is 5.78 Å². The van der Waals surface area contributed by atoms with E-state index in [4.69, 9.17) is 0 Å². The smallest absolute Gasteiger partial charge is 0.222 e. The Morgan fingerprint density at radius 1 is 1.29 bits per heavy atom. The lowest BCUT2D eigenvalue weighted by Gasteiger charge is -2.16. The van der Waals surface area contributed by atoms with Gasteiger partial charge in [-0.2, -0.15) is 0 Å². The molecule has 0 aliphatic carbocycles. The molecule has 0 N–H and O–H groups in total. The number of Topliss-reactive ketones (excluding diaryl/α,β-unsaturated/α-hetero) is 2. The summed E-state index contributed by atoms with van der Waals surface area (Å²) in [5, 5.41) is 0. The number of nitrogens with zero attached hydrogens (tertiary/aromatic N) is 1. The third kappa shape index (κ3) is 3.68. The van der Waals surface area contributed by atoms with Crippen molar-refractivity contribution in [1.82, 2.24) is 4.90 Å². The predicted octanol–water partition coefficient (Wildman–Crippen LogP) is 0.649. The first-order chi connectivity index (χ1) is 6.40. The molecule has 1 unspecified atom stereocenters. The Balaban J connectivity index is 4.19. The number of ketones is 2. The molecule has 4 nitrogen and oxygen atoms in total. The van der Waals surface area contributed by atoms with E-state index < -0.39 is 5.92 Å². The molecule has 0 aromatic carbocycles. The fraction of sp³-hybridized carbons (Fsp3) is 0.700. The van der Waals surface area contributed by atoms with Crippen LogP contribution < -0.4 is 0 Å². The van der Waals surface area contributed by atoms with Gasteiger partial charge in [-0.05, 0) is 13.8 Å². The van der Waals surface area contributed by atoms with Crippen molar-refractivity contribution in [2.75, 3.05) is 13.6 Å². The van der Waals surface area contributed by atoms with Crippen LogP contribution >= 0.6 is 0 Å². The number of amides is 1. The number of carbonyl (C=O) groups is 3. The summed E-state index contributed by atoms with van der Waals surface area (Å²) in [4.78, 5) is 34.8. The van der Waals surface area contributed by atoms with Crippen LogP contribution in [0.15, 0.2) is 0 Å². The van der Waals surface area contributed by atoms with Gasteiger partial charge in [0.05, 0.1) is 12.5 Å². The van der Waals surface area contributed by atoms with Gasteiger partial charge in [0, 0.05) is 13.5 Å². The second-order valence-corrected chi connectivity index (χ2v) is 3.40. The van der Waals surface area contributed by atoms with Gasteiger partial charge in [0.2, 0.25) is 5.91 Å². The van der Waals surface area contributed by atoms with Crippen LogP contribution in [0.25, 0.3) is 0 Å². The zero-order valence-corrected chi connectivity index (χ0v) is 9.16. The minimum Gasteiger partial charge on any atom is -0.338 e. The molecule has 1 amide bonds. The molecular weight excluding hydrogens is 182 g/mol. The average Bonchev–Trinajstić information content (AvgIpc) is 2.14. The fourth-order valence-electron chi connectivity index (χ4n) is 0.955. The van der Waals surface area contributed by atoms with E-state index in [0.29, 0.717) is 6.42 Å². The Kier molecular flexibility index (Phi) is 5.05. The normalized spacial score (nSPS) is 12.0. The van der Waals surface area contributed by atoms with Crippen molar-refractivity contribution in [2.45, 2.75) is 27.2 Å². The second kappa shape index (κ2) is 5.52. The van der Waals surface area contributed by atoms with Crippen LogP contribution in [0.3, 0.4) is 0 Å². The monoisotopic (exact) mass is 199 g/mol. The molecular formula is C10H17NO3. The Morgan fingerprint density at radius 3 is 2.14 bits per heavy atom. The van der Waals surface area contributed by atoms with Gasteiger partial charge < -0.3 is 4.90 Å². The Hall–Kier alpha value is -1.19. The molecule has 0 rings (SSSR count). The van der Waals surface area contributed by atoms with Crippen LogP contribution in [0.1, 0.15) is 27.2 Å². The molecule has 1 atom stereocenters. The molecule has 14 heavy (non-hydrogen) atoms. The Labute approximate surface area is 84.3 Å². The second-order valence-electron chi connectivity index (χ2n) is 3.40. The van der Waals surface area contributed by atoms with Gasteiger partial charge in [0.25, 0.3) is 0 Å². The SMILES string of the molecule is CCC(=O)N(C)CC(=O)C(C)C(C)=O. The van der Waals surface area contributed by atoms with E-state index in [0.717, 1.165) is 0 Å². The van der Waals surface area contributed by atoms with E-state index in [1.165, 1.54) is 11.8 Å². The summed E-state index contributed by atoms with van der Waals surface area (Å²) < 4.78 is 0. The molecule has 4 heteroatoms. The highest BCUT2D eigenvalue weighted by molar-refractivity contribution is 6.02. The lowest BCUT2D eigenvalue weighted by molar-refractivity contribution is -0.137. The van der Waals surface area contributed by atoms with Gasteiger partial charge in [-0.1, -0.05) is 6.92 Å². The Bertz CT molecular complexity index is 248.